The maximum atomic E-state index is 14.3. The molecule has 4 rings (SSSR count). The Morgan fingerprint density at radius 1 is 0.708 bits per heavy atom. The predicted octanol–water partition coefficient (Wildman–Crippen LogP) is 5.35. The minimum Gasteiger partial charge on any atom is -0.232 e. The fourth-order valence-corrected chi connectivity index (χ4v) is 2.76. The summed E-state index contributed by atoms with van der Waals surface area (Å²) in [4.78, 5) is 0. The molecule has 0 saturated heterocycles. The average molecular weight is 314 g/mol. The van der Waals surface area contributed by atoms with Crippen molar-refractivity contribution in [2.24, 2.45) is 0 Å². The third-order valence-electron chi connectivity index (χ3n) is 3.93. The first kappa shape index (κ1) is 14.4. The van der Waals surface area contributed by atoms with E-state index in [1.54, 1.807) is 16.8 Å². The van der Waals surface area contributed by atoms with E-state index in [-0.39, 0.29) is 5.82 Å². The molecule has 0 unspecified atom stereocenters. The van der Waals surface area contributed by atoms with Crippen LogP contribution in [0.4, 0.5) is 4.39 Å². The van der Waals surface area contributed by atoms with Crippen LogP contribution in [0.15, 0.2) is 91.0 Å². The molecule has 0 spiro atoms. The molecule has 24 heavy (non-hydrogen) atoms. The molecule has 0 atom stereocenters. The fraction of sp³-hybridized carbons (Fsp3) is 0. The Morgan fingerprint density at radius 2 is 1.33 bits per heavy atom. The molecule has 3 aromatic carbocycles. The Morgan fingerprint density at radius 3 is 2.04 bits per heavy atom. The van der Waals surface area contributed by atoms with E-state index in [0.717, 1.165) is 22.6 Å². The zero-order valence-electron chi connectivity index (χ0n) is 12.9. The summed E-state index contributed by atoms with van der Waals surface area (Å²) in [5.41, 5.74) is 3.99. The number of hydrogen-bond donors (Lipinski definition) is 0. The summed E-state index contributed by atoms with van der Waals surface area (Å²) in [7, 11) is 0. The molecule has 2 nitrogen and oxygen atoms in total. The maximum Gasteiger partial charge on any atom is 0.132 e. The Kier molecular flexibility index (Phi) is 3.67. The molecule has 0 radical (unpaired) electrons. The molecule has 0 aliphatic rings. The van der Waals surface area contributed by atoms with Gasteiger partial charge in [0.1, 0.15) is 5.82 Å². The smallest absolute Gasteiger partial charge is 0.132 e. The topological polar surface area (TPSA) is 17.8 Å². The van der Waals surface area contributed by atoms with Crippen LogP contribution in [0, 0.1) is 5.82 Å². The summed E-state index contributed by atoms with van der Waals surface area (Å²) >= 11 is 0. The molecule has 0 fully saturated rings. The minimum absolute atomic E-state index is 0.255. The van der Waals surface area contributed by atoms with Crippen molar-refractivity contribution >= 4 is 0 Å². The Balaban J connectivity index is 1.94. The van der Waals surface area contributed by atoms with Crippen LogP contribution in [0.3, 0.4) is 0 Å². The van der Waals surface area contributed by atoms with Crippen molar-refractivity contribution in [3.8, 4) is 28.2 Å². The van der Waals surface area contributed by atoms with E-state index < -0.39 is 0 Å². The van der Waals surface area contributed by atoms with Gasteiger partial charge in [-0.3, -0.25) is 0 Å². The van der Waals surface area contributed by atoms with Gasteiger partial charge in [0.05, 0.1) is 17.1 Å². The first-order valence-corrected chi connectivity index (χ1v) is 7.79. The van der Waals surface area contributed by atoms with E-state index in [2.05, 4.69) is 0 Å². The molecule has 0 aliphatic carbocycles. The average Bonchev–Trinajstić information content (AvgIpc) is 3.09. The first-order valence-electron chi connectivity index (χ1n) is 7.79. The van der Waals surface area contributed by atoms with Crippen LogP contribution in [-0.2, 0) is 0 Å². The van der Waals surface area contributed by atoms with Gasteiger partial charge in [-0.1, -0.05) is 60.7 Å². The number of halogens is 1. The van der Waals surface area contributed by atoms with E-state index >= 15 is 0 Å². The van der Waals surface area contributed by atoms with Crippen molar-refractivity contribution in [2.75, 3.05) is 0 Å². The van der Waals surface area contributed by atoms with E-state index in [0.29, 0.717) is 5.56 Å². The van der Waals surface area contributed by atoms with E-state index in [4.69, 9.17) is 5.10 Å². The Bertz CT molecular complexity index is 960. The molecule has 0 bridgehead atoms. The van der Waals surface area contributed by atoms with Gasteiger partial charge in [0, 0.05) is 11.1 Å². The fourth-order valence-electron chi connectivity index (χ4n) is 2.76. The summed E-state index contributed by atoms with van der Waals surface area (Å²) in [5.74, 6) is -0.255. The van der Waals surface area contributed by atoms with E-state index in [1.165, 1.54) is 6.07 Å². The maximum absolute atomic E-state index is 14.3. The van der Waals surface area contributed by atoms with Gasteiger partial charge in [0.2, 0.25) is 0 Å². The zero-order valence-corrected chi connectivity index (χ0v) is 12.9. The SMILES string of the molecule is Fc1ccccc1-c1cc(-c2ccccc2)nn1-c1ccccc1. The van der Waals surface area contributed by atoms with Gasteiger partial charge in [-0.2, -0.15) is 5.10 Å². The lowest BCUT2D eigenvalue weighted by atomic mass is 10.1. The molecule has 0 aliphatic heterocycles. The molecular weight excluding hydrogens is 299 g/mol. The van der Waals surface area contributed by atoms with Crippen molar-refractivity contribution < 1.29 is 4.39 Å². The van der Waals surface area contributed by atoms with Crippen molar-refractivity contribution in [3.63, 3.8) is 0 Å². The lowest BCUT2D eigenvalue weighted by Crippen LogP contribution is -1.99. The van der Waals surface area contributed by atoms with Crippen molar-refractivity contribution in [1.29, 1.82) is 0 Å². The van der Waals surface area contributed by atoms with Gasteiger partial charge < -0.3 is 0 Å². The Hall–Kier alpha value is -3.20. The monoisotopic (exact) mass is 314 g/mol. The first-order chi connectivity index (χ1) is 11.8. The number of hydrogen-bond acceptors (Lipinski definition) is 1. The van der Waals surface area contributed by atoms with Crippen LogP contribution >= 0.6 is 0 Å². The van der Waals surface area contributed by atoms with Gasteiger partial charge in [-0.05, 0) is 30.3 Å². The lowest BCUT2D eigenvalue weighted by molar-refractivity contribution is 0.629. The summed E-state index contributed by atoms with van der Waals surface area (Å²) in [6.45, 7) is 0. The lowest BCUT2D eigenvalue weighted by Gasteiger charge is -2.08. The molecular formula is C21H15FN2. The summed E-state index contributed by atoms with van der Waals surface area (Å²) in [6.07, 6.45) is 0. The van der Waals surface area contributed by atoms with Crippen molar-refractivity contribution in [1.82, 2.24) is 9.78 Å². The van der Waals surface area contributed by atoms with Crippen LogP contribution in [0.5, 0.6) is 0 Å². The van der Waals surface area contributed by atoms with Crippen LogP contribution < -0.4 is 0 Å². The predicted molar refractivity (Wildman–Crippen MR) is 94.4 cm³/mol. The number of rotatable bonds is 3. The second-order valence-electron chi connectivity index (χ2n) is 5.51. The molecule has 0 amide bonds. The number of aromatic nitrogens is 2. The van der Waals surface area contributed by atoms with Gasteiger partial charge in [0.15, 0.2) is 0 Å². The number of benzene rings is 3. The highest BCUT2D eigenvalue weighted by molar-refractivity contribution is 5.70. The molecule has 1 heterocycles. The van der Waals surface area contributed by atoms with Crippen molar-refractivity contribution in [2.45, 2.75) is 0 Å². The van der Waals surface area contributed by atoms with Gasteiger partial charge in [-0.25, -0.2) is 9.07 Å². The van der Waals surface area contributed by atoms with Crippen LogP contribution in [0.1, 0.15) is 0 Å². The van der Waals surface area contributed by atoms with Crippen LogP contribution in [-0.4, -0.2) is 9.78 Å². The second-order valence-corrected chi connectivity index (χ2v) is 5.51. The highest BCUT2D eigenvalue weighted by Crippen LogP contribution is 2.30. The second kappa shape index (κ2) is 6.13. The standard InChI is InChI=1S/C21H15FN2/c22-19-14-8-7-13-18(19)21-15-20(16-9-3-1-4-10-16)23-24(21)17-11-5-2-6-12-17/h1-15H. The molecule has 116 valence electrons. The normalized spacial score (nSPS) is 10.7. The molecule has 4 aromatic rings. The molecule has 3 heteroatoms. The van der Waals surface area contributed by atoms with Crippen molar-refractivity contribution in [3.05, 3.63) is 96.8 Å². The summed E-state index contributed by atoms with van der Waals surface area (Å²) in [6, 6.07) is 28.4. The minimum atomic E-state index is -0.255. The van der Waals surface area contributed by atoms with Gasteiger partial charge >= 0.3 is 0 Å². The summed E-state index contributed by atoms with van der Waals surface area (Å²) in [5, 5.41) is 4.72. The Labute approximate surface area is 139 Å². The highest BCUT2D eigenvalue weighted by Gasteiger charge is 2.15. The largest absolute Gasteiger partial charge is 0.232 e. The highest BCUT2D eigenvalue weighted by atomic mass is 19.1. The quantitative estimate of drug-likeness (QED) is 0.499. The number of nitrogens with zero attached hydrogens (tertiary/aromatic N) is 2. The molecule has 0 N–H and O–H groups in total. The van der Waals surface area contributed by atoms with E-state index in [1.807, 2.05) is 72.8 Å². The van der Waals surface area contributed by atoms with Gasteiger partial charge in [0.25, 0.3) is 0 Å². The summed E-state index contributed by atoms with van der Waals surface area (Å²) < 4.78 is 16.1. The van der Waals surface area contributed by atoms with E-state index in [9.17, 15) is 4.39 Å². The third kappa shape index (κ3) is 2.61. The van der Waals surface area contributed by atoms with Gasteiger partial charge in [-0.15, -0.1) is 0 Å². The zero-order chi connectivity index (χ0) is 16.4. The number of para-hydroxylation sites is 1. The third-order valence-corrected chi connectivity index (χ3v) is 3.93. The van der Waals surface area contributed by atoms with Crippen LogP contribution in [0.2, 0.25) is 0 Å². The van der Waals surface area contributed by atoms with Crippen LogP contribution in [0.25, 0.3) is 28.2 Å². The molecule has 1 aromatic heterocycles. The molecule has 0 saturated carbocycles.